The molecule has 0 spiro atoms. The van der Waals surface area contributed by atoms with Crippen molar-refractivity contribution in [2.75, 3.05) is 0 Å². The van der Waals surface area contributed by atoms with Crippen molar-refractivity contribution in [1.82, 2.24) is 0 Å². The lowest BCUT2D eigenvalue weighted by molar-refractivity contribution is 0.512. The molecule has 1 aliphatic carbocycles. The van der Waals surface area contributed by atoms with Gasteiger partial charge in [-0.05, 0) is 93.7 Å². The van der Waals surface area contributed by atoms with Gasteiger partial charge in [0, 0.05) is 0 Å². The van der Waals surface area contributed by atoms with Gasteiger partial charge in [-0.25, -0.2) is 0 Å². The Balaban J connectivity index is 1.43. The minimum absolute atomic E-state index is 0.609. The highest BCUT2D eigenvalue weighted by Crippen LogP contribution is 2.56. The van der Waals surface area contributed by atoms with Crippen LogP contribution in [0.5, 0.6) is 0 Å². The maximum absolute atomic E-state index is 5.41. The van der Waals surface area contributed by atoms with Crippen LogP contribution in [-0.2, 0) is 0 Å². The molecule has 0 nitrogen and oxygen atoms in total. The van der Waals surface area contributed by atoms with Crippen molar-refractivity contribution in [2.24, 2.45) is 0 Å². The Labute approximate surface area is 234 Å². The van der Waals surface area contributed by atoms with E-state index in [1.54, 1.807) is 0 Å². The Kier molecular flexibility index (Phi) is 4.77. The summed E-state index contributed by atoms with van der Waals surface area (Å²) in [5.41, 5.74) is 0.609. The zero-order valence-electron chi connectivity index (χ0n) is 22.7. The van der Waals surface area contributed by atoms with Gasteiger partial charge in [-0.2, -0.15) is 0 Å². The summed E-state index contributed by atoms with van der Waals surface area (Å²) in [5, 5.41) is 19.5. The first-order chi connectivity index (χ1) is 19.7. The minimum Gasteiger partial charge on any atom is -0.0924 e. The van der Waals surface area contributed by atoms with Crippen LogP contribution in [0.4, 0.5) is 0 Å². The summed E-state index contributed by atoms with van der Waals surface area (Å²) in [7, 11) is 0. The molecule has 0 heterocycles. The van der Waals surface area contributed by atoms with E-state index in [-0.39, 0.29) is 0 Å². The fourth-order valence-corrected chi connectivity index (χ4v) is 12.4. The van der Waals surface area contributed by atoms with E-state index in [1.165, 1.54) is 107 Å². The quantitative estimate of drug-likeness (QED) is 0.157. The average molecular weight is 531 g/mol. The standard InChI is InChI=1S/C39H31P/c1-40(31-11-3-2-4-12-31,34-23-19-29-15-13-25-7-5-9-27-17-21-32(34)38(29)36(25)27)35-24-20-30-16-14-26-8-6-10-28-18-22-33(35)39(30)37(26)28/h5-10,13-24,31H,1-4,11-12H2. The Hall–Kier alpha value is -3.86. The fourth-order valence-electron chi connectivity index (χ4n) is 8.18. The summed E-state index contributed by atoms with van der Waals surface area (Å²) >= 11 is 0. The lowest BCUT2D eigenvalue weighted by Gasteiger charge is -2.39. The van der Waals surface area contributed by atoms with Gasteiger partial charge >= 0.3 is 0 Å². The van der Waals surface area contributed by atoms with E-state index in [0.29, 0.717) is 5.66 Å². The second kappa shape index (κ2) is 8.33. The van der Waals surface area contributed by atoms with E-state index >= 15 is 0 Å². The van der Waals surface area contributed by atoms with Crippen LogP contribution >= 0.6 is 6.89 Å². The van der Waals surface area contributed by atoms with Crippen LogP contribution in [0, 0.1) is 0 Å². The third kappa shape index (κ3) is 2.98. The molecule has 1 heteroatoms. The molecule has 0 saturated heterocycles. The Morgan fingerprint density at radius 1 is 0.425 bits per heavy atom. The first-order valence-corrected chi connectivity index (χ1v) is 16.8. The van der Waals surface area contributed by atoms with Crippen LogP contribution < -0.4 is 10.6 Å². The molecule has 192 valence electrons. The van der Waals surface area contributed by atoms with E-state index in [2.05, 4.69) is 109 Å². The highest BCUT2D eigenvalue weighted by atomic mass is 31.2. The van der Waals surface area contributed by atoms with Gasteiger partial charge in [0.05, 0.1) is 0 Å². The van der Waals surface area contributed by atoms with Gasteiger partial charge in [-0.15, -0.1) is 0 Å². The van der Waals surface area contributed by atoms with E-state index in [9.17, 15) is 0 Å². The Bertz CT molecular complexity index is 2100. The fraction of sp³-hybridized carbons (Fsp3) is 0.154. The van der Waals surface area contributed by atoms with Gasteiger partial charge in [0.2, 0.25) is 0 Å². The molecule has 8 aromatic carbocycles. The first kappa shape index (κ1) is 22.9. The van der Waals surface area contributed by atoms with Crippen molar-refractivity contribution >= 4 is 88.4 Å². The molecular formula is C39H31P. The molecule has 1 aliphatic rings. The van der Waals surface area contributed by atoms with Crippen LogP contribution in [-0.4, -0.2) is 12.0 Å². The molecule has 8 aromatic rings. The van der Waals surface area contributed by atoms with Crippen molar-refractivity contribution in [3.63, 3.8) is 0 Å². The molecule has 9 rings (SSSR count). The smallest absolute Gasteiger partial charge is 0.00203 e. The summed E-state index contributed by atoms with van der Waals surface area (Å²) in [5.74, 6) is 0. The minimum atomic E-state index is -2.02. The average Bonchev–Trinajstić information content (AvgIpc) is 3.02. The molecule has 0 radical (unpaired) electrons. The second-order valence-corrected chi connectivity index (χ2v) is 15.5. The van der Waals surface area contributed by atoms with Crippen molar-refractivity contribution in [2.45, 2.75) is 37.8 Å². The highest BCUT2D eigenvalue weighted by Gasteiger charge is 2.34. The lowest BCUT2D eigenvalue weighted by Crippen LogP contribution is -2.29. The number of hydrogen-bond donors (Lipinski definition) is 0. The number of rotatable bonds is 3. The molecule has 0 atom stereocenters. The van der Waals surface area contributed by atoms with Crippen LogP contribution in [0.2, 0.25) is 0 Å². The van der Waals surface area contributed by atoms with Crippen LogP contribution in [0.15, 0.2) is 109 Å². The maximum atomic E-state index is 5.41. The molecule has 0 aliphatic heterocycles. The summed E-state index contributed by atoms with van der Waals surface area (Å²) in [6, 6.07) is 41.9. The monoisotopic (exact) mass is 530 g/mol. The molecule has 0 amide bonds. The van der Waals surface area contributed by atoms with Crippen molar-refractivity contribution < 1.29 is 0 Å². The summed E-state index contributed by atoms with van der Waals surface area (Å²) in [6.07, 6.45) is 12.0. The van der Waals surface area contributed by atoms with E-state index in [0.717, 1.165) is 0 Å². The Morgan fingerprint density at radius 2 is 0.800 bits per heavy atom. The predicted molar refractivity (Wildman–Crippen MR) is 180 cm³/mol. The molecule has 40 heavy (non-hydrogen) atoms. The van der Waals surface area contributed by atoms with Crippen LogP contribution in [0.25, 0.3) is 64.6 Å². The zero-order valence-corrected chi connectivity index (χ0v) is 23.6. The summed E-state index contributed by atoms with van der Waals surface area (Å²) in [4.78, 5) is 0. The normalized spacial score (nSPS) is 15.5. The predicted octanol–water partition coefficient (Wildman–Crippen LogP) is 10.2. The van der Waals surface area contributed by atoms with E-state index in [4.69, 9.17) is 6.30 Å². The van der Waals surface area contributed by atoms with Gasteiger partial charge in [0.25, 0.3) is 0 Å². The van der Waals surface area contributed by atoms with Gasteiger partial charge < -0.3 is 0 Å². The highest BCUT2D eigenvalue weighted by molar-refractivity contribution is 7.88. The SMILES string of the molecule is C=P(c1ccc2ccc3cccc4ccc1c2c34)(c1ccc2ccc3cccc4ccc1c2c34)C1CCCCC1. The van der Waals surface area contributed by atoms with Gasteiger partial charge in [-0.1, -0.05) is 142 Å². The van der Waals surface area contributed by atoms with Crippen molar-refractivity contribution in [1.29, 1.82) is 0 Å². The largest absolute Gasteiger partial charge is 0.0924 e. The summed E-state index contributed by atoms with van der Waals surface area (Å²) in [6.45, 7) is -2.02. The van der Waals surface area contributed by atoms with Gasteiger partial charge in [0.1, 0.15) is 0 Å². The maximum Gasteiger partial charge on any atom is -0.00203 e. The molecular weight excluding hydrogens is 499 g/mol. The van der Waals surface area contributed by atoms with E-state index in [1.807, 2.05) is 0 Å². The molecule has 0 N–H and O–H groups in total. The first-order valence-electron chi connectivity index (χ1n) is 14.8. The van der Waals surface area contributed by atoms with Gasteiger partial charge in [-0.3, -0.25) is 0 Å². The number of benzene rings is 8. The topological polar surface area (TPSA) is 0 Å². The Morgan fingerprint density at radius 3 is 1.25 bits per heavy atom. The molecule has 0 aromatic heterocycles. The third-order valence-electron chi connectivity index (χ3n) is 10.1. The van der Waals surface area contributed by atoms with E-state index < -0.39 is 6.89 Å². The second-order valence-electron chi connectivity index (χ2n) is 12.0. The zero-order chi connectivity index (χ0) is 26.4. The van der Waals surface area contributed by atoms with Crippen molar-refractivity contribution in [3.05, 3.63) is 109 Å². The molecule has 0 unspecified atom stereocenters. The van der Waals surface area contributed by atoms with Gasteiger partial charge in [0.15, 0.2) is 0 Å². The molecule has 1 saturated carbocycles. The third-order valence-corrected chi connectivity index (χ3v) is 14.3. The molecule has 1 fully saturated rings. The van der Waals surface area contributed by atoms with Crippen LogP contribution in [0.1, 0.15) is 32.1 Å². The lowest BCUT2D eigenvalue weighted by atomic mass is 9.94. The number of hydrogen-bond acceptors (Lipinski definition) is 0. The summed E-state index contributed by atoms with van der Waals surface area (Å²) < 4.78 is 0. The van der Waals surface area contributed by atoms with Crippen molar-refractivity contribution in [3.8, 4) is 0 Å². The molecule has 0 bridgehead atoms. The van der Waals surface area contributed by atoms with Crippen LogP contribution in [0.3, 0.4) is 0 Å².